The highest BCUT2D eigenvalue weighted by atomic mass is 16.5. The minimum Gasteiger partial charge on any atom is -0.464 e. The van der Waals surface area contributed by atoms with Crippen LogP contribution >= 0.6 is 0 Å². The smallest absolute Gasteiger partial charge is 0.293 e. The minimum atomic E-state index is -0.0609. The number of aromatic nitrogens is 1. The fraction of sp³-hybridized carbons (Fsp3) is 0.500. The second-order valence-corrected chi connectivity index (χ2v) is 3.36. The Hall–Kier alpha value is -1.25. The van der Waals surface area contributed by atoms with E-state index in [4.69, 9.17) is 4.74 Å². The molecule has 0 aliphatic heterocycles. The summed E-state index contributed by atoms with van der Waals surface area (Å²) in [5.41, 5.74) is 3.51. The molecule has 0 saturated heterocycles. The molecule has 1 rings (SSSR count). The normalized spacial score (nSPS) is 12.5. The van der Waals surface area contributed by atoms with Crippen LogP contribution in [0.25, 0.3) is 0 Å². The maximum Gasteiger partial charge on any atom is 0.293 e. The molecule has 13 heavy (non-hydrogen) atoms. The summed E-state index contributed by atoms with van der Waals surface area (Å²) in [6.45, 7) is 6.44. The average molecular weight is 181 g/mol. The maximum atomic E-state index is 10.1. The Morgan fingerprint density at radius 3 is 2.77 bits per heavy atom. The lowest BCUT2D eigenvalue weighted by Gasteiger charge is -2.08. The van der Waals surface area contributed by atoms with E-state index in [2.05, 4.69) is 11.1 Å². The monoisotopic (exact) mass is 181 g/mol. The Morgan fingerprint density at radius 1 is 1.62 bits per heavy atom. The maximum absolute atomic E-state index is 10.1. The number of hydrogen-bond donors (Lipinski definition) is 1. The summed E-state index contributed by atoms with van der Waals surface area (Å²) >= 11 is 0. The molecule has 1 aromatic heterocycles. The van der Waals surface area contributed by atoms with Gasteiger partial charge in [0.25, 0.3) is 6.47 Å². The molecule has 1 heterocycles. The molecule has 0 amide bonds. The first kappa shape index (κ1) is 9.84. The number of aromatic amines is 1. The van der Waals surface area contributed by atoms with E-state index in [1.807, 2.05) is 20.8 Å². The number of hydrogen-bond acceptors (Lipinski definition) is 2. The highest BCUT2D eigenvalue weighted by Gasteiger charge is 2.07. The predicted octanol–water partition coefficient (Wildman–Crippen LogP) is 1.74. The van der Waals surface area contributed by atoms with Gasteiger partial charge in [-0.25, -0.2) is 0 Å². The van der Waals surface area contributed by atoms with E-state index in [1.165, 1.54) is 5.56 Å². The third kappa shape index (κ3) is 2.61. The molecular weight excluding hydrogens is 166 g/mol. The molecule has 0 bridgehead atoms. The molecule has 0 aliphatic rings. The van der Waals surface area contributed by atoms with Crippen molar-refractivity contribution >= 4 is 6.47 Å². The van der Waals surface area contributed by atoms with E-state index in [9.17, 15) is 4.79 Å². The van der Waals surface area contributed by atoms with Crippen molar-refractivity contribution in [3.63, 3.8) is 0 Å². The Kier molecular flexibility index (Phi) is 3.12. The van der Waals surface area contributed by atoms with Gasteiger partial charge in [0, 0.05) is 17.8 Å². The Balaban J connectivity index is 2.62. The van der Waals surface area contributed by atoms with Crippen LogP contribution in [-0.4, -0.2) is 17.6 Å². The summed E-state index contributed by atoms with van der Waals surface area (Å²) in [5.74, 6) is 0. The van der Waals surface area contributed by atoms with E-state index < -0.39 is 0 Å². The molecule has 1 unspecified atom stereocenters. The molecular formula is C10H15NO2. The van der Waals surface area contributed by atoms with Crippen LogP contribution in [0.5, 0.6) is 0 Å². The molecule has 3 nitrogen and oxygen atoms in total. The van der Waals surface area contributed by atoms with Gasteiger partial charge < -0.3 is 9.72 Å². The molecule has 0 aromatic carbocycles. The largest absolute Gasteiger partial charge is 0.464 e. The van der Waals surface area contributed by atoms with Gasteiger partial charge in [-0.15, -0.1) is 0 Å². The lowest BCUT2D eigenvalue weighted by Crippen LogP contribution is -2.11. The molecule has 1 N–H and O–H groups in total. The van der Waals surface area contributed by atoms with Crippen molar-refractivity contribution in [1.29, 1.82) is 0 Å². The number of ether oxygens (including phenoxy) is 1. The first-order valence-electron chi connectivity index (χ1n) is 4.37. The van der Waals surface area contributed by atoms with Crippen molar-refractivity contribution in [3.8, 4) is 0 Å². The van der Waals surface area contributed by atoms with Crippen molar-refractivity contribution in [2.75, 3.05) is 0 Å². The third-order valence-corrected chi connectivity index (χ3v) is 2.04. The van der Waals surface area contributed by atoms with Crippen molar-refractivity contribution in [3.05, 3.63) is 23.0 Å². The molecule has 0 spiro atoms. The van der Waals surface area contributed by atoms with Crippen LogP contribution < -0.4 is 0 Å². The summed E-state index contributed by atoms with van der Waals surface area (Å²) in [5, 5.41) is 0. The van der Waals surface area contributed by atoms with E-state index in [-0.39, 0.29) is 6.10 Å². The summed E-state index contributed by atoms with van der Waals surface area (Å²) < 4.78 is 4.81. The summed E-state index contributed by atoms with van der Waals surface area (Å²) in [6.07, 6.45) is 0.688. The van der Waals surface area contributed by atoms with Gasteiger partial charge in [-0.2, -0.15) is 0 Å². The van der Waals surface area contributed by atoms with Gasteiger partial charge in [-0.3, -0.25) is 4.79 Å². The molecule has 3 heteroatoms. The fourth-order valence-electron chi connectivity index (χ4n) is 1.43. The van der Waals surface area contributed by atoms with Crippen LogP contribution in [0.4, 0.5) is 0 Å². The molecule has 1 aromatic rings. The zero-order valence-electron chi connectivity index (χ0n) is 8.26. The number of carbonyl (C=O) groups excluding carboxylic acids is 1. The zero-order chi connectivity index (χ0) is 9.84. The van der Waals surface area contributed by atoms with Crippen LogP contribution in [0.2, 0.25) is 0 Å². The van der Waals surface area contributed by atoms with Gasteiger partial charge in [0.15, 0.2) is 0 Å². The van der Waals surface area contributed by atoms with Crippen LogP contribution in [0.1, 0.15) is 23.9 Å². The highest BCUT2D eigenvalue weighted by molar-refractivity contribution is 5.37. The number of H-pyrrole nitrogens is 1. The van der Waals surface area contributed by atoms with Crippen LogP contribution in [0, 0.1) is 13.8 Å². The predicted molar refractivity (Wildman–Crippen MR) is 50.6 cm³/mol. The van der Waals surface area contributed by atoms with Crippen LogP contribution in [0.15, 0.2) is 6.07 Å². The van der Waals surface area contributed by atoms with Gasteiger partial charge >= 0.3 is 0 Å². The molecule has 0 fully saturated rings. The third-order valence-electron chi connectivity index (χ3n) is 2.04. The van der Waals surface area contributed by atoms with E-state index in [0.717, 1.165) is 17.8 Å². The summed E-state index contributed by atoms with van der Waals surface area (Å²) in [6, 6.07) is 2.09. The Morgan fingerprint density at radius 2 is 2.31 bits per heavy atom. The van der Waals surface area contributed by atoms with Gasteiger partial charge in [-0.1, -0.05) is 0 Å². The van der Waals surface area contributed by atoms with E-state index >= 15 is 0 Å². The lowest BCUT2D eigenvalue weighted by atomic mass is 10.1. The number of rotatable bonds is 4. The quantitative estimate of drug-likeness (QED) is 0.719. The number of aryl methyl sites for hydroxylation is 2. The SMILES string of the molecule is Cc1cc(C)c(CC(C)OC=O)[nH]1. The first-order chi connectivity index (χ1) is 6.13. The van der Waals surface area contributed by atoms with Crippen molar-refractivity contribution in [2.24, 2.45) is 0 Å². The Bertz CT molecular complexity index is 291. The standard InChI is InChI=1S/C10H15NO2/c1-7-4-8(2)11-10(7)5-9(3)13-6-12/h4,6,9,11H,5H2,1-3H3. The zero-order valence-corrected chi connectivity index (χ0v) is 8.26. The highest BCUT2D eigenvalue weighted by Crippen LogP contribution is 2.11. The minimum absolute atomic E-state index is 0.0609. The van der Waals surface area contributed by atoms with Crippen LogP contribution in [-0.2, 0) is 16.0 Å². The second kappa shape index (κ2) is 4.12. The number of carbonyl (C=O) groups is 1. The molecule has 1 atom stereocenters. The van der Waals surface area contributed by atoms with Gasteiger partial charge in [0.05, 0.1) is 0 Å². The van der Waals surface area contributed by atoms with Gasteiger partial charge in [0.2, 0.25) is 0 Å². The van der Waals surface area contributed by atoms with E-state index in [0.29, 0.717) is 6.47 Å². The summed E-state index contributed by atoms with van der Waals surface area (Å²) in [4.78, 5) is 13.3. The molecule has 0 aliphatic carbocycles. The lowest BCUT2D eigenvalue weighted by molar-refractivity contribution is -0.132. The van der Waals surface area contributed by atoms with E-state index in [1.54, 1.807) is 0 Å². The Labute approximate surface area is 78.1 Å². The van der Waals surface area contributed by atoms with Gasteiger partial charge in [0.1, 0.15) is 6.10 Å². The molecule has 0 saturated carbocycles. The van der Waals surface area contributed by atoms with Gasteiger partial charge in [-0.05, 0) is 32.4 Å². The topological polar surface area (TPSA) is 42.1 Å². The second-order valence-electron chi connectivity index (χ2n) is 3.36. The molecule has 72 valence electrons. The van der Waals surface area contributed by atoms with Crippen LogP contribution in [0.3, 0.4) is 0 Å². The number of nitrogens with one attached hydrogen (secondary N) is 1. The summed E-state index contributed by atoms with van der Waals surface area (Å²) in [7, 11) is 0. The van der Waals surface area contributed by atoms with Crippen molar-refractivity contribution in [1.82, 2.24) is 4.98 Å². The van der Waals surface area contributed by atoms with Crippen molar-refractivity contribution < 1.29 is 9.53 Å². The average Bonchev–Trinajstić information content (AvgIpc) is 2.30. The first-order valence-corrected chi connectivity index (χ1v) is 4.37. The fourth-order valence-corrected chi connectivity index (χ4v) is 1.43. The molecule has 0 radical (unpaired) electrons. The van der Waals surface area contributed by atoms with Crippen molar-refractivity contribution in [2.45, 2.75) is 33.3 Å².